The van der Waals surface area contributed by atoms with E-state index in [9.17, 15) is 34.8 Å². The van der Waals surface area contributed by atoms with Crippen molar-refractivity contribution in [2.24, 2.45) is 11.8 Å². The molecule has 2 aliphatic rings. The number of benzene rings is 2. The van der Waals surface area contributed by atoms with Crippen LogP contribution in [0.15, 0.2) is 30.3 Å². The molecule has 0 radical (unpaired) electrons. The number of hydrogen-bond acceptors (Lipinski definition) is 5. The Hall–Kier alpha value is -2.45. The van der Waals surface area contributed by atoms with Crippen LogP contribution in [0.4, 0.5) is 35.1 Å². The van der Waals surface area contributed by atoms with Crippen molar-refractivity contribution in [3.05, 3.63) is 64.2 Å². The number of nitrogens with zero attached hydrogens (tertiary/aromatic N) is 2. The summed E-state index contributed by atoms with van der Waals surface area (Å²) < 4.78 is 139. The molecule has 14 heteroatoms. The third-order valence-electron chi connectivity index (χ3n) is 8.46. The highest BCUT2D eigenvalue weighted by Gasteiger charge is 2.49. The van der Waals surface area contributed by atoms with Gasteiger partial charge in [0, 0.05) is 31.6 Å². The lowest BCUT2D eigenvalue weighted by atomic mass is 9.83. The van der Waals surface area contributed by atoms with Crippen molar-refractivity contribution in [3.63, 3.8) is 0 Å². The van der Waals surface area contributed by atoms with E-state index in [0.717, 1.165) is 37.7 Å². The molecule has 246 valence electrons. The molecule has 4 atom stereocenters. The van der Waals surface area contributed by atoms with E-state index in [1.807, 2.05) is 6.92 Å². The molecule has 2 heterocycles. The molecule has 2 unspecified atom stereocenters. The van der Waals surface area contributed by atoms with Gasteiger partial charge in [0.1, 0.15) is 17.4 Å². The third kappa shape index (κ3) is 7.85. The van der Waals surface area contributed by atoms with E-state index >= 15 is 8.78 Å². The van der Waals surface area contributed by atoms with Crippen molar-refractivity contribution >= 4 is 10.1 Å². The van der Waals surface area contributed by atoms with E-state index in [1.54, 1.807) is 0 Å². The van der Waals surface area contributed by atoms with Crippen molar-refractivity contribution in [1.82, 2.24) is 9.80 Å². The van der Waals surface area contributed by atoms with Gasteiger partial charge in [0.25, 0.3) is 5.92 Å². The summed E-state index contributed by atoms with van der Waals surface area (Å²) in [5.41, 5.74) is -5.44. The molecule has 5 nitrogen and oxygen atoms in total. The Morgan fingerprint density at radius 1 is 1.07 bits per heavy atom. The predicted octanol–water partition coefficient (Wildman–Crippen LogP) is 7.04. The van der Waals surface area contributed by atoms with Crippen LogP contribution >= 0.6 is 0 Å². The quantitative estimate of drug-likeness (QED) is 0.148. The Balaban J connectivity index is 1.67. The monoisotopic (exact) mass is 656 g/mol. The SMILES string of the molecule is CC(Cc1cc(F)c([C@@H]2c3ccc(OS(=O)(=O)C(F)(F)F)cc3C[C@@H](C)N2CC(C)(F)F)c(F)c1)C1CCN(CCCF)C1. The molecule has 0 aliphatic carbocycles. The molecule has 0 spiro atoms. The van der Waals surface area contributed by atoms with Gasteiger partial charge in [-0.15, -0.1) is 0 Å². The van der Waals surface area contributed by atoms with Crippen LogP contribution in [0.5, 0.6) is 5.75 Å². The molecule has 0 bridgehead atoms. The van der Waals surface area contributed by atoms with E-state index in [4.69, 9.17) is 0 Å². The maximum atomic E-state index is 15.9. The molecule has 4 rings (SSSR count). The highest BCUT2D eigenvalue weighted by atomic mass is 32.2. The Bertz CT molecular complexity index is 1410. The lowest BCUT2D eigenvalue weighted by molar-refractivity contribution is -0.0500. The second-order valence-corrected chi connectivity index (χ2v) is 13.6. The van der Waals surface area contributed by atoms with Crippen LogP contribution in [-0.4, -0.2) is 68.5 Å². The molecular weight excluding hydrogens is 620 g/mol. The second-order valence-electron chi connectivity index (χ2n) is 12.1. The number of alkyl halides is 6. The van der Waals surface area contributed by atoms with Crippen LogP contribution in [0.1, 0.15) is 61.9 Å². The van der Waals surface area contributed by atoms with E-state index in [0.29, 0.717) is 31.9 Å². The first-order chi connectivity index (χ1) is 20.4. The summed E-state index contributed by atoms with van der Waals surface area (Å²) >= 11 is 0. The zero-order valence-electron chi connectivity index (χ0n) is 24.6. The van der Waals surface area contributed by atoms with Crippen molar-refractivity contribution in [1.29, 1.82) is 0 Å². The van der Waals surface area contributed by atoms with Gasteiger partial charge in [0.2, 0.25) is 0 Å². The van der Waals surface area contributed by atoms with Gasteiger partial charge in [0.15, 0.2) is 0 Å². The average Bonchev–Trinajstić information content (AvgIpc) is 3.36. The van der Waals surface area contributed by atoms with E-state index in [2.05, 4.69) is 9.08 Å². The van der Waals surface area contributed by atoms with Crippen molar-refractivity contribution in [2.75, 3.05) is 32.9 Å². The summed E-state index contributed by atoms with van der Waals surface area (Å²) in [6, 6.07) is 3.30. The van der Waals surface area contributed by atoms with Gasteiger partial charge in [-0.1, -0.05) is 13.0 Å². The minimum Gasteiger partial charge on any atom is -0.376 e. The van der Waals surface area contributed by atoms with Crippen molar-refractivity contribution in [3.8, 4) is 5.75 Å². The zero-order chi connectivity index (χ0) is 32.6. The van der Waals surface area contributed by atoms with E-state index in [1.165, 1.54) is 24.0 Å². The smallest absolute Gasteiger partial charge is 0.376 e. The molecule has 2 aromatic carbocycles. The van der Waals surface area contributed by atoms with Crippen LogP contribution < -0.4 is 4.18 Å². The summed E-state index contributed by atoms with van der Waals surface area (Å²) in [5.74, 6) is -5.52. The molecular formula is C30H36F8N2O3S. The average molecular weight is 657 g/mol. The first kappa shape index (κ1) is 34.4. The van der Waals surface area contributed by atoms with E-state index in [-0.39, 0.29) is 29.4 Å². The largest absolute Gasteiger partial charge is 0.534 e. The first-order valence-electron chi connectivity index (χ1n) is 14.4. The van der Waals surface area contributed by atoms with Crippen molar-refractivity contribution < 1.29 is 47.7 Å². The number of hydrogen-bond donors (Lipinski definition) is 0. The Labute approximate surface area is 252 Å². The minimum atomic E-state index is -5.98. The van der Waals surface area contributed by atoms with Gasteiger partial charge in [-0.3, -0.25) is 9.29 Å². The Kier molecular flexibility index (Phi) is 10.3. The topological polar surface area (TPSA) is 49.9 Å². The van der Waals surface area contributed by atoms with Gasteiger partial charge in [-0.05, 0) is 91.9 Å². The molecule has 1 saturated heterocycles. The van der Waals surface area contributed by atoms with Gasteiger partial charge in [0.05, 0.1) is 19.3 Å². The molecule has 0 amide bonds. The van der Waals surface area contributed by atoms with Gasteiger partial charge < -0.3 is 9.08 Å². The fourth-order valence-corrected chi connectivity index (χ4v) is 6.83. The first-order valence-corrected chi connectivity index (χ1v) is 15.8. The predicted molar refractivity (Wildman–Crippen MR) is 149 cm³/mol. The Morgan fingerprint density at radius 3 is 2.32 bits per heavy atom. The van der Waals surface area contributed by atoms with Crippen LogP contribution in [-0.2, 0) is 23.0 Å². The fraction of sp³-hybridized carbons (Fsp3) is 0.600. The van der Waals surface area contributed by atoms with E-state index < -0.39 is 69.8 Å². The van der Waals surface area contributed by atoms with Crippen LogP contribution in [0, 0.1) is 23.5 Å². The number of halogens is 8. The van der Waals surface area contributed by atoms with Crippen molar-refractivity contribution in [2.45, 2.75) is 70.0 Å². The fourth-order valence-electron chi connectivity index (χ4n) is 6.38. The molecule has 44 heavy (non-hydrogen) atoms. The highest BCUT2D eigenvalue weighted by Crippen LogP contribution is 2.43. The molecule has 2 aromatic rings. The minimum absolute atomic E-state index is 0.0201. The summed E-state index contributed by atoms with van der Waals surface area (Å²) in [7, 11) is -5.98. The molecule has 1 fully saturated rings. The molecule has 2 aliphatic heterocycles. The van der Waals surface area contributed by atoms with Crippen LogP contribution in [0.2, 0.25) is 0 Å². The van der Waals surface area contributed by atoms with Crippen LogP contribution in [0.25, 0.3) is 0 Å². The summed E-state index contributed by atoms with van der Waals surface area (Å²) in [6.45, 7) is 5.16. The summed E-state index contributed by atoms with van der Waals surface area (Å²) in [6.07, 6.45) is 1.67. The lowest BCUT2D eigenvalue weighted by Crippen LogP contribution is -2.48. The maximum Gasteiger partial charge on any atom is 0.534 e. The molecule has 0 N–H and O–H groups in total. The number of rotatable bonds is 11. The normalized spacial score (nSPS) is 22.7. The third-order valence-corrected chi connectivity index (χ3v) is 9.44. The molecule has 0 saturated carbocycles. The standard InChI is InChI=1S/C30H36F8N2O3S/c1-18(21-7-10-39(16-21)9-4-8-31)11-20-13-25(32)27(26(33)14-20)28-24-6-5-23(43-44(41,42)30(36,37)38)15-22(24)12-19(2)40(28)17-29(3,34)35/h5-6,13-15,18-19,21,28H,4,7-12,16-17H2,1-3H3/t18?,19-,21?,28+/m1/s1. The number of fused-ring (bicyclic) bond motifs is 1. The number of likely N-dealkylation sites (tertiary alicyclic amines) is 1. The van der Waals surface area contributed by atoms with Gasteiger partial charge in [-0.2, -0.15) is 21.6 Å². The lowest BCUT2D eigenvalue weighted by Gasteiger charge is -2.43. The highest BCUT2D eigenvalue weighted by molar-refractivity contribution is 7.88. The summed E-state index contributed by atoms with van der Waals surface area (Å²) in [5, 5.41) is 0. The Morgan fingerprint density at radius 2 is 1.73 bits per heavy atom. The van der Waals surface area contributed by atoms with Gasteiger partial charge in [-0.25, -0.2) is 17.6 Å². The van der Waals surface area contributed by atoms with Crippen LogP contribution in [0.3, 0.4) is 0 Å². The maximum absolute atomic E-state index is 15.9. The zero-order valence-corrected chi connectivity index (χ0v) is 25.4. The molecule has 0 aromatic heterocycles. The summed E-state index contributed by atoms with van der Waals surface area (Å²) in [4.78, 5) is 3.41. The second kappa shape index (κ2) is 13.1. The van der Waals surface area contributed by atoms with Gasteiger partial charge >= 0.3 is 15.6 Å².